The number of hydrogen-bond donors (Lipinski definition) is 2. The smallest absolute Gasteiger partial charge is 0.271 e. The molecule has 0 aliphatic rings. The molecular weight excluding hydrogens is 370 g/mol. The molecule has 0 saturated heterocycles. The molecule has 2 amide bonds. The highest BCUT2D eigenvalue weighted by atomic mass is 79.9. The van der Waals surface area contributed by atoms with E-state index in [4.69, 9.17) is 0 Å². The summed E-state index contributed by atoms with van der Waals surface area (Å²) in [6.07, 6.45) is 2.85. The van der Waals surface area contributed by atoms with E-state index in [1.54, 1.807) is 30.5 Å². The summed E-state index contributed by atoms with van der Waals surface area (Å²) in [5.41, 5.74) is 4.49. The molecular formula is C18H18BrN3O2. The summed E-state index contributed by atoms with van der Waals surface area (Å²) >= 11 is 3.36. The fourth-order valence-electron chi connectivity index (χ4n) is 1.93. The van der Waals surface area contributed by atoms with Gasteiger partial charge in [-0.2, -0.15) is 5.10 Å². The molecule has 0 aliphatic heterocycles. The molecule has 2 aromatic rings. The molecule has 0 radical (unpaired) electrons. The van der Waals surface area contributed by atoms with Gasteiger partial charge in [0.2, 0.25) is 5.91 Å². The highest BCUT2D eigenvalue weighted by Crippen LogP contribution is 2.11. The third-order valence-electron chi connectivity index (χ3n) is 3.16. The standard InChI is InChI=1S/C18H18BrN3O2/c1-2-3-17(23)21-16-10-6-14(7-11-16)18(24)22-20-12-13-4-8-15(19)9-5-13/h4-12H,2-3H2,1H3,(H,21,23)(H,22,24)/b20-12+. The van der Waals surface area contributed by atoms with Gasteiger partial charge in [-0.1, -0.05) is 35.0 Å². The maximum atomic E-state index is 12.0. The Balaban J connectivity index is 1.90. The number of rotatable bonds is 6. The van der Waals surface area contributed by atoms with Crippen LogP contribution in [-0.4, -0.2) is 18.0 Å². The second kappa shape index (κ2) is 8.98. The predicted molar refractivity (Wildman–Crippen MR) is 99.2 cm³/mol. The van der Waals surface area contributed by atoms with E-state index in [0.29, 0.717) is 17.7 Å². The zero-order valence-electron chi connectivity index (χ0n) is 13.3. The minimum atomic E-state index is -0.310. The zero-order valence-corrected chi connectivity index (χ0v) is 14.8. The molecule has 2 N–H and O–H groups in total. The van der Waals surface area contributed by atoms with Gasteiger partial charge >= 0.3 is 0 Å². The molecule has 0 aromatic heterocycles. The van der Waals surface area contributed by atoms with Gasteiger partial charge in [-0.3, -0.25) is 9.59 Å². The number of carbonyl (C=O) groups excluding carboxylic acids is 2. The fourth-order valence-corrected chi connectivity index (χ4v) is 2.20. The molecule has 0 aliphatic carbocycles. The number of carbonyl (C=O) groups is 2. The first-order valence-corrected chi connectivity index (χ1v) is 8.36. The third kappa shape index (κ3) is 5.62. The topological polar surface area (TPSA) is 70.6 Å². The number of nitrogens with zero attached hydrogens (tertiary/aromatic N) is 1. The number of halogens is 1. The maximum absolute atomic E-state index is 12.0. The van der Waals surface area contributed by atoms with Crippen LogP contribution < -0.4 is 10.7 Å². The quantitative estimate of drug-likeness (QED) is 0.581. The number of hydrogen-bond acceptors (Lipinski definition) is 3. The van der Waals surface area contributed by atoms with E-state index in [0.717, 1.165) is 16.5 Å². The molecule has 124 valence electrons. The average Bonchev–Trinajstić information content (AvgIpc) is 2.57. The van der Waals surface area contributed by atoms with Crippen LogP contribution in [0.3, 0.4) is 0 Å². The van der Waals surface area contributed by atoms with Crippen LogP contribution in [0.5, 0.6) is 0 Å². The van der Waals surface area contributed by atoms with Gasteiger partial charge < -0.3 is 5.32 Å². The average molecular weight is 388 g/mol. The Morgan fingerprint density at radius 2 is 1.75 bits per heavy atom. The van der Waals surface area contributed by atoms with Crippen LogP contribution in [0.4, 0.5) is 5.69 Å². The van der Waals surface area contributed by atoms with Crippen LogP contribution in [0.2, 0.25) is 0 Å². The summed E-state index contributed by atoms with van der Waals surface area (Å²) < 4.78 is 0.981. The summed E-state index contributed by atoms with van der Waals surface area (Å²) in [4.78, 5) is 23.5. The van der Waals surface area contributed by atoms with E-state index >= 15 is 0 Å². The van der Waals surface area contributed by atoms with Crippen molar-refractivity contribution in [3.05, 3.63) is 64.1 Å². The number of hydrazone groups is 1. The molecule has 0 spiro atoms. The van der Waals surface area contributed by atoms with Crippen LogP contribution >= 0.6 is 15.9 Å². The SMILES string of the molecule is CCCC(=O)Nc1ccc(C(=O)N/N=C/c2ccc(Br)cc2)cc1. The first-order valence-electron chi connectivity index (χ1n) is 7.57. The van der Waals surface area contributed by atoms with Gasteiger partial charge in [0.1, 0.15) is 0 Å². The van der Waals surface area contributed by atoms with Crippen LogP contribution in [0, 0.1) is 0 Å². The Morgan fingerprint density at radius 3 is 2.38 bits per heavy atom. The fraction of sp³-hybridized carbons (Fsp3) is 0.167. The Labute approximate surface area is 149 Å². The minimum absolute atomic E-state index is 0.0335. The van der Waals surface area contributed by atoms with Crippen LogP contribution in [-0.2, 0) is 4.79 Å². The van der Waals surface area contributed by atoms with Crippen molar-refractivity contribution < 1.29 is 9.59 Å². The molecule has 0 fully saturated rings. The van der Waals surface area contributed by atoms with Crippen molar-refractivity contribution in [1.29, 1.82) is 0 Å². The molecule has 0 saturated carbocycles. The highest BCUT2D eigenvalue weighted by molar-refractivity contribution is 9.10. The van der Waals surface area contributed by atoms with Crippen molar-refractivity contribution in [3.63, 3.8) is 0 Å². The zero-order chi connectivity index (χ0) is 17.4. The molecule has 2 rings (SSSR count). The van der Waals surface area contributed by atoms with Crippen molar-refractivity contribution in [3.8, 4) is 0 Å². The summed E-state index contributed by atoms with van der Waals surface area (Å²) in [6, 6.07) is 14.2. The van der Waals surface area contributed by atoms with E-state index in [1.165, 1.54) is 0 Å². The molecule has 24 heavy (non-hydrogen) atoms. The van der Waals surface area contributed by atoms with Gasteiger partial charge in [-0.25, -0.2) is 5.43 Å². The Bertz CT molecular complexity index is 725. The number of nitrogens with one attached hydrogen (secondary N) is 2. The van der Waals surface area contributed by atoms with Gasteiger partial charge in [0.25, 0.3) is 5.91 Å². The first-order chi connectivity index (χ1) is 11.6. The van der Waals surface area contributed by atoms with Gasteiger partial charge in [-0.05, 0) is 48.4 Å². The van der Waals surface area contributed by atoms with E-state index in [1.807, 2.05) is 31.2 Å². The number of amides is 2. The lowest BCUT2D eigenvalue weighted by Crippen LogP contribution is -2.17. The lowest BCUT2D eigenvalue weighted by atomic mass is 10.2. The molecule has 5 nitrogen and oxygen atoms in total. The van der Waals surface area contributed by atoms with Crippen molar-refractivity contribution in [2.45, 2.75) is 19.8 Å². The summed E-state index contributed by atoms with van der Waals surface area (Å²) in [6.45, 7) is 1.95. The normalized spacial score (nSPS) is 10.6. The molecule has 6 heteroatoms. The summed E-state index contributed by atoms with van der Waals surface area (Å²) in [5.74, 6) is -0.344. The van der Waals surface area contributed by atoms with Gasteiger partial charge in [0, 0.05) is 22.1 Å². The Kier molecular flexibility index (Phi) is 6.69. The maximum Gasteiger partial charge on any atom is 0.271 e. The Hall–Kier alpha value is -2.47. The van der Waals surface area contributed by atoms with Gasteiger partial charge in [-0.15, -0.1) is 0 Å². The summed E-state index contributed by atoms with van der Waals surface area (Å²) in [7, 11) is 0. The first kappa shape index (κ1) is 17.9. The number of anilines is 1. The van der Waals surface area contributed by atoms with Crippen LogP contribution in [0.15, 0.2) is 58.1 Å². The minimum Gasteiger partial charge on any atom is -0.326 e. The van der Waals surface area contributed by atoms with Crippen molar-refractivity contribution in [2.75, 3.05) is 5.32 Å². The number of benzene rings is 2. The Morgan fingerprint density at radius 1 is 1.08 bits per heavy atom. The molecule has 0 bridgehead atoms. The molecule has 2 aromatic carbocycles. The second-order valence-corrected chi connectivity index (χ2v) is 6.04. The second-order valence-electron chi connectivity index (χ2n) is 5.13. The molecule has 0 heterocycles. The van der Waals surface area contributed by atoms with E-state index in [-0.39, 0.29) is 11.8 Å². The lowest BCUT2D eigenvalue weighted by molar-refractivity contribution is -0.116. The van der Waals surface area contributed by atoms with Crippen LogP contribution in [0.1, 0.15) is 35.7 Å². The van der Waals surface area contributed by atoms with E-state index < -0.39 is 0 Å². The molecule has 0 atom stereocenters. The van der Waals surface area contributed by atoms with Crippen LogP contribution in [0.25, 0.3) is 0 Å². The summed E-state index contributed by atoms with van der Waals surface area (Å²) in [5, 5.41) is 6.71. The molecule has 0 unspecified atom stereocenters. The van der Waals surface area contributed by atoms with Crippen molar-refractivity contribution in [1.82, 2.24) is 5.43 Å². The van der Waals surface area contributed by atoms with Crippen molar-refractivity contribution in [2.24, 2.45) is 5.10 Å². The van der Waals surface area contributed by atoms with E-state index in [9.17, 15) is 9.59 Å². The van der Waals surface area contributed by atoms with Crippen molar-refractivity contribution >= 4 is 39.6 Å². The van der Waals surface area contributed by atoms with E-state index in [2.05, 4.69) is 31.8 Å². The lowest BCUT2D eigenvalue weighted by Gasteiger charge is -2.05. The monoisotopic (exact) mass is 387 g/mol. The largest absolute Gasteiger partial charge is 0.326 e. The highest BCUT2D eigenvalue weighted by Gasteiger charge is 2.05. The third-order valence-corrected chi connectivity index (χ3v) is 3.69. The van der Waals surface area contributed by atoms with Gasteiger partial charge in [0.15, 0.2) is 0 Å². The van der Waals surface area contributed by atoms with Gasteiger partial charge in [0.05, 0.1) is 6.21 Å². The predicted octanol–water partition coefficient (Wildman–Crippen LogP) is 3.95.